The zero-order chi connectivity index (χ0) is 12.0. The Hall–Kier alpha value is -2.49. The summed E-state index contributed by atoms with van der Waals surface area (Å²) in [7, 11) is 0. The number of carboxylic acid groups (broad SMARTS) is 1. The Bertz CT molecular complexity index is 743. The Kier molecular flexibility index (Phi) is 1.86. The molecule has 0 aliphatic heterocycles. The lowest BCUT2D eigenvalue weighted by Gasteiger charge is -1.95. The van der Waals surface area contributed by atoms with Crippen LogP contribution in [0.2, 0.25) is 0 Å². The summed E-state index contributed by atoms with van der Waals surface area (Å²) in [6, 6.07) is 10.2. The van der Waals surface area contributed by atoms with Crippen LogP contribution in [0.5, 0.6) is 5.75 Å². The standard InChI is InChI=1S/C13H9NO3/c15-10-6-2-4-8-7-3-1-5-9(13(16)17)11(7)14-12(8)10/h1-6,14-15H,(H,16,17). The Morgan fingerprint density at radius 1 is 1.00 bits per heavy atom. The van der Waals surface area contributed by atoms with Crippen LogP contribution in [-0.2, 0) is 0 Å². The van der Waals surface area contributed by atoms with Crippen molar-refractivity contribution in [3.63, 3.8) is 0 Å². The largest absolute Gasteiger partial charge is 0.506 e. The zero-order valence-electron chi connectivity index (χ0n) is 8.77. The number of phenolic OH excluding ortho intramolecular Hbond substituents is 1. The molecule has 4 nitrogen and oxygen atoms in total. The molecule has 3 rings (SSSR count). The fraction of sp³-hybridized carbons (Fsp3) is 0. The van der Waals surface area contributed by atoms with Crippen LogP contribution in [0.3, 0.4) is 0 Å². The van der Waals surface area contributed by atoms with Crippen LogP contribution in [-0.4, -0.2) is 21.2 Å². The van der Waals surface area contributed by atoms with E-state index in [4.69, 9.17) is 5.11 Å². The number of fused-ring (bicyclic) bond motifs is 3. The summed E-state index contributed by atoms with van der Waals surface area (Å²) in [5.41, 5.74) is 1.31. The zero-order valence-corrected chi connectivity index (χ0v) is 8.77. The first-order valence-electron chi connectivity index (χ1n) is 5.14. The van der Waals surface area contributed by atoms with E-state index in [1.54, 1.807) is 18.2 Å². The van der Waals surface area contributed by atoms with Gasteiger partial charge in [-0.2, -0.15) is 0 Å². The number of benzene rings is 2. The molecule has 0 unspecified atom stereocenters. The fourth-order valence-electron chi connectivity index (χ4n) is 2.11. The van der Waals surface area contributed by atoms with Gasteiger partial charge in [-0.3, -0.25) is 0 Å². The van der Waals surface area contributed by atoms with Gasteiger partial charge in [0, 0.05) is 10.8 Å². The Balaban J connectivity index is 2.55. The predicted octanol–water partition coefficient (Wildman–Crippen LogP) is 2.72. The number of aromatic hydroxyl groups is 1. The summed E-state index contributed by atoms with van der Waals surface area (Å²) in [6.07, 6.45) is 0. The van der Waals surface area contributed by atoms with Crippen molar-refractivity contribution in [1.29, 1.82) is 0 Å². The average Bonchev–Trinajstić information content (AvgIpc) is 2.69. The maximum Gasteiger partial charge on any atom is 0.337 e. The maximum atomic E-state index is 11.1. The van der Waals surface area contributed by atoms with Crippen molar-refractivity contribution in [1.82, 2.24) is 4.98 Å². The number of aromatic nitrogens is 1. The normalized spacial score (nSPS) is 11.1. The molecule has 4 heteroatoms. The minimum Gasteiger partial charge on any atom is -0.506 e. The van der Waals surface area contributed by atoms with E-state index >= 15 is 0 Å². The van der Waals surface area contributed by atoms with Crippen LogP contribution in [0.1, 0.15) is 10.4 Å². The molecular formula is C13H9NO3. The molecular weight excluding hydrogens is 218 g/mol. The second-order valence-corrected chi connectivity index (χ2v) is 3.86. The third kappa shape index (κ3) is 1.27. The van der Waals surface area contributed by atoms with Crippen LogP contribution >= 0.6 is 0 Å². The minimum atomic E-state index is -0.985. The van der Waals surface area contributed by atoms with Crippen LogP contribution in [0.25, 0.3) is 21.8 Å². The summed E-state index contributed by atoms with van der Waals surface area (Å²) < 4.78 is 0. The molecule has 17 heavy (non-hydrogen) atoms. The summed E-state index contributed by atoms with van der Waals surface area (Å²) in [6.45, 7) is 0. The second kappa shape index (κ2) is 3.25. The lowest BCUT2D eigenvalue weighted by atomic mass is 10.1. The van der Waals surface area contributed by atoms with Crippen molar-refractivity contribution in [3.05, 3.63) is 42.0 Å². The first-order valence-corrected chi connectivity index (χ1v) is 5.14. The highest BCUT2D eigenvalue weighted by atomic mass is 16.4. The monoisotopic (exact) mass is 227 g/mol. The smallest absolute Gasteiger partial charge is 0.337 e. The quantitative estimate of drug-likeness (QED) is 0.598. The second-order valence-electron chi connectivity index (χ2n) is 3.86. The van der Waals surface area contributed by atoms with Gasteiger partial charge in [0.2, 0.25) is 0 Å². The van der Waals surface area contributed by atoms with E-state index in [2.05, 4.69) is 4.98 Å². The van der Waals surface area contributed by atoms with E-state index in [0.717, 1.165) is 10.8 Å². The van der Waals surface area contributed by atoms with Crippen LogP contribution in [0.15, 0.2) is 36.4 Å². The van der Waals surface area contributed by atoms with E-state index in [9.17, 15) is 9.90 Å². The average molecular weight is 227 g/mol. The summed E-state index contributed by atoms with van der Waals surface area (Å²) in [4.78, 5) is 14.1. The molecule has 0 atom stereocenters. The number of phenols is 1. The van der Waals surface area contributed by atoms with Gasteiger partial charge in [0.05, 0.1) is 16.6 Å². The molecule has 3 N–H and O–H groups in total. The Morgan fingerprint density at radius 3 is 2.35 bits per heavy atom. The summed E-state index contributed by atoms with van der Waals surface area (Å²) in [5.74, 6) is -0.864. The van der Waals surface area contributed by atoms with Gasteiger partial charge in [0.15, 0.2) is 0 Å². The van der Waals surface area contributed by atoms with Crippen molar-refractivity contribution in [2.45, 2.75) is 0 Å². The third-order valence-corrected chi connectivity index (χ3v) is 2.88. The number of nitrogens with one attached hydrogen (secondary N) is 1. The first-order chi connectivity index (χ1) is 8.18. The molecule has 0 aliphatic carbocycles. The summed E-state index contributed by atoms with van der Waals surface area (Å²) >= 11 is 0. The Labute approximate surface area is 96.1 Å². The van der Waals surface area contributed by atoms with E-state index in [1.807, 2.05) is 12.1 Å². The van der Waals surface area contributed by atoms with Crippen molar-refractivity contribution in [2.75, 3.05) is 0 Å². The van der Waals surface area contributed by atoms with Gasteiger partial charge in [-0.15, -0.1) is 0 Å². The highest BCUT2D eigenvalue weighted by molar-refractivity contribution is 6.14. The molecule has 0 saturated heterocycles. The molecule has 0 radical (unpaired) electrons. The third-order valence-electron chi connectivity index (χ3n) is 2.88. The number of carbonyl (C=O) groups is 1. The topological polar surface area (TPSA) is 73.3 Å². The van der Waals surface area contributed by atoms with Crippen molar-refractivity contribution in [3.8, 4) is 5.75 Å². The highest BCUT2D eigenvalue weighted by Crippen LogP contribution is 2.32. The first kappa shape index (κ1) is 9.72. The van der Waals surface area contributed by atoms with E-state index in [0.29, 0.717) is 11.0 Å². The molecule has 84 valence electrons. The van der Waals surface area contributed by atoms with Gasteiger partial charge >= 0.3 is 5.97 Å². The van der Waals surface area contributed by atoms with Gasteiger partial charge in [0.25, 0.3) is 0 Å². The number of aromatic carboxylic acids is 1. The molecule has 1 aromatic heterocycles. The number of H-pyrrole nitrogens is 1. The molecule has 2 aromatic carbocycles. The predicted molar refractivity (Wildman–Crippen MR) is 64.4 cm³/mol. The van der Waals surface area contributed by atoms with E-state index < -0.39 is 5.97 Å². The van der Waals surface area contributed by atoms with Crippen LogP contribution in [0, 0.1) is 0 Å². The van der Waals surface area contributed by atoms with Gasteiger partial charge in [-0.25, -0.2) is 4.79 Å². The number of aromatic amines is 1. The van der Waals surface area contributed by atoms with Crippen LogP contribution in [0.4, 0.5) is 0 Å². The van der Waals surface area contributed by atoms with E-state index in [-0.39, 0.29) is 11.3 Å². The molecule has 0 bridgehead atoms. The SMILES string of the molecule is O=C(O)c1cccc2c1[nH]c1c(O)cccc12. The molecule has 0 spiro atoms. The molecule has 0 aliphatic rings. The van der Waals surface area contributed by atoms with Gasteiger partial charge < -0.3 is 15.2 Å². The van der Waals surface area contributed by atoms with Crippen LogP contribution < -0.4 is 0 Å². The number of para-hydroxylation sites is 2. The van der Waals surface area contributed by atoms with Crippen molar-refractivity contribution in [2.24, 2.45) is 0 Å². The van der Waals surface area contributed by atoms with Crippen molar-refractivity contribution >= 4 is 27.8 Å². The number of rotatable bonds is 1. The lowest BCUT2D eigenvalue weighted by molar-refractivity contribution is 0.0699. The lowest BCUT2D eigenvalue weighted by Crippen LogP contribution is -1.96. The molecule has 3 aromatic rings. The minimum absolute atomic E-state index is 0.120. The number of hydrogen-bond acceptors (Lipinski definition) is 2. The van der Waals surface area contributed by atoms with E-state index in [1.165, 1.54) is 6.07 Å². The molecule has 0 fully saturated rings. The Morgan fingerprint density at radius 2 is 1.65 bits per heavy atom. The number of carboxylic acids is 1. The maximum absolute atomic E-state index is 11.1. The van der Waals surface area contributed by atoms with Gasteiger partial charge in [-0.1, -0.05) is 24.3 Å². The van der Waals surface area contributed by atoms with Gasteiger partial charge in [0.1, 0.15) is 5.75 Å². The highest BCUT2D eigenvalue weighted by Gasteiger charge is 2.13. The fourth-order valence-corrected chi connectivity index (χ4v) is 2.11. The molecule has 0 amide bonds. The number of hydrogen-bond donors (Lipinski definition) is 3. The molecule has 1 heterocycles. The molecule has 0 saturated carbocycles. The van der Waals surface area contributed by atoms with Gasteiger partial charge in [-0.05, 0) is 12.1 Å². The van der Waals surface area contributed by atoms with Crippen molar-refractivity contribution < 1.29 is 15.0 Å². The summed E-state index contributed by atoms with van der Waals surface area (Å²) in [5, 5.41) is 20.4.